The summed E-state index contributed by atoms with van der Waals surface area (Å²) in [6.07, 6.45) is 0. The first-order valence-corrected chi connectivity index (χ1v) is 4.34. The van der Waals surface area contributed by atoms with E-state index >= 15 is 0 Å². The number of carbonyl (C=O) groups is 1. The van der Waals surface area contributed by atoms with Gasteiger partial charge in [-0.25, -0.2) is 4.39 Å². The van der Waals surface area contributed by atoms with Crippen molar-refractivity contribution in [3.8, 4) is 0 Å². The Labute approximate surface area is 82.1 Å². The second kappa shape index (κ2) is 4.72. The van der Waals surface area contributed by atoms with Gasteiger partial charge in [0, 0.05) is 6.54 Å². The average Bonchev–Trinajstić information content (AvgIpc) is 2.12. The summed E-state index contributed by atoms with van der Waals surface area (Å²) in [6, 6.07) is 4.65. The molecule has 0 spiro atoms. The van der Waals surface area contributed by atoms with Gasteiger partial charge in [-0.15, -0.1) is 0 Å². The molecule has 76 valence electrons. The van der Waals surface area contributed by atoms with Crippen LogP contribution in [0.1, 0.15) is 11.1 Å². The van der Waals surface area contributed by atoms with E-state index in [1.54, 1.807) is 6.92 Å². The summed E-state index contributed by atoms with van der Waals surface area (Å²) < 4.78 is 12.9. The molecule has 3 N–H and O–H groups in total. The maximum absolute atomic E-state index is 12.9. The fraction of sp³-hybridized carbons (Fsp3) is 0.300. The normalized spacial score (nSPS) is 9.93. The van der Waals surface area contributed by atoms with Gasteiger partial charge in [-0.3, -0.25) is 4.79 Å². The number of benzene rings is 1. The molecule has 1 aromatic rings. The minimum Gasteiger partial charge on any atom is -0.351 e. The van der Waals surface area contributed by atoms with Gasteiger partial charge in [-0.05, 0) is 30.2 Å². The van der Waals surface area contributed by atoms with E-state index in [2.05, 4.69) is 5.32 Å². The fourth-order valence-electron chi connectivity index (χ4n) is 1.19. The van der Waals surface area contributed by atoms with Crippen LogP contribution in [-0.2, 0) is 11.3 Å². The molecular weight excluding hydrogens is 183 g/mol. The van der Waals surface area contributed by atoms with E-state index < -0.39 is 0 Å². The maximum Gasteiger partial charge on any atom is 0.234 e. The van der Waals surface area contributed by atoms with E-state index in [1.807, 2.05) is 6.07 Å². The SMILES string of the molecule is Cc1cc(F)cc(CNC(=O)CN)c1. The van der Waals surface area contributed by atoms with Gasteiger partial charge in [-0.1, -0.05) is 6.07 Å². The molecule has 3 nitrogen and oxygen atoms in total. The number of amides is 1. The second-order valence-electron chi connectivity index (χ2n) is 3.12. The predicted octanol–water partition coefficient (Wildman–Crippen LogP) is 0.709. The molecule has 0 fully saturated rings. The molecule has 4 heteroatoms. The Morgan fingerprint density at radius 2 is 2.21 bits per heavy atom. The topological polar surface area (TPSA) is 55.1 Å². The van der Waals surface area contributed by atoms with Crippen molar-refractivity contribution >= 4 is 5.91 Å². The number of nitrogens with two attached hydrogens (primary N) is 1. The Morgan fingerprint density at radius 1 is 1.50 bits per heavy atom. The summed E-state index contributed by atoms with van der Waals surface area (Å²) >= 11 is 0. The van der Waals surface area contributed by atoms with E-state index in [0.29, 0.717) is 6.54 Å². The zero-order chi connectivity index (χ0) is 10.6. The molecule has 14 heavy (non-hydrogen) atoms. The predicted molar refractivity (Wildman–Crippen MR) is 52.0 cm³/mol. The Kier molecular flexibility index (Phi) is 3.59. The molecule has 0 saturated carbocycles. The lowest BCUT2D eigenvalue weighted by Crippen LogP contribution is -2.29. The van der Waals surface area contributed by atoms with Gasteiger partial charge < -0.3 is 11.1 Å². The Bertz CT molecular complexity index is 319. The van der Waals surface area contributed by atoms with Crippen LogP contribution in [0.25, 0.3) is 0 Å². The van der Waals surface area contributed by atoms with Crippen LogP contribution in [0.5, 0.6) is 0 Å². The summed E-state index contributed by atoms with van der Waals surface area (Å²) in [5, 5.41) is 2.57. The lowest BCUT2D eigenvalue weighted by atomic mass is 10.1. The number of nitrogens with one attached hydrogen (secondary N) is 1. The first-order chi connectivity index (χ1) is 6.61. The smallest absolute Gasteiger partial charge is 0.234 e. The van der Waals surface area contributed by atoms with Crippen molar-refractivity contribution in [1.82, 2.24) is 5.32 Å². The van der Waals surface area contributed by atoms with Crippen LogP contribution >= 0.6 is 0 Å². The van der Waals surface area contributed by atoms with Crippen LogP contribution in [-0.4, -0.2) is 12.5 Å². The molecule has 0 unspecified atom stereocenters. The molecule has 0 heterocycles. The molecule has 0 aliphatic carbocycles. The van der Waals surface area contributed by atoms with Crippen molar-refractivity contribution < 1.29 is 9.18 Å². The Hall–Kier alpha value is -1.42. The van der Waals surface area contributed by atoms with E-state index in [1.165, 1.54) is 12.1 Å². The maximum atomic E-state index is 12.9. The fourth-order valence-corrected chi connectivity index (χ4v) is 1.19. The van der Waals surface area contributed by atoms with Gasteiger partial charge in [0.2, 0.25) is 5.91 Å². The molecule has 0 atom stereocenters. The van der Waals surface area contributed by atoms with Crippen molar-refractivity contribution in [3.63, 3.8) is 0 Å². The van der Waals surface area contributed by atoms with E-state index in [9.17, 15) is 9.18 Å². The van der Waals surface area contributed by atoms with Crippen molar-refractivity contribution in [2.75, 3.05) is 6.54 Å². The molecule has 0 radical (unpaired) electrons. The summed E-state index contributed by atoms with van der Waals surface area (Å²) in [6.45, 7) is 2.07. The molecule has 0 aliphatic heterocycles. The monoisotopic (exact) mass is 196 g/mol. The molecule has 0 aliphatic rings. The van der Waals surface area contributed by atoms with Crippen LogP contribution < -0.4 is 11.1 Å². The first-order valence-electron chi connectivity index (χ1n) is 4.34. The molecule has 0 bridgehead atoms. The van der Waals surface area contributed by atoms with E-state index in [0.717, 1.165) is 11.1 Å². The van der Waals surface area contributed by atoms with Crippen LogP contribution in [0, 0.1) is 12.7 Å². The lowest BCUT2D eigenvalue weighted by molar-refractivity contribution is -0.119. The molecule has 1 aromatic carbocycles. The quantitative estimate of drug-likeness (QED) is 0.748. The summed E-state index contributed by atoms with van der Waals surface area (Å²) in [4.78, 5) is 10.8. The number of halogens is 1. The minimum atomic E-state index is -0.290. The Morgan fingerprint density at radius 3 is 2.79 bits per heavy atom. The standard InChI is InChI=1S/C10H13FN2O/c1-7-2-8(4-9(11)3-7)6-13-10(14)5-12/h2-4H,5-6,12H2,1H3,(H,13,14). The summed E-state index contributed by atoms with van der Waals surface area (Å²) in [5.41, 5.74) is 6.69. The molecule has 1 amide bonds. The minimum absolute atomic E-state index is 0.0473. The number of aryl methyl sites for hydroxylation is 1. The van der Waals surface area contributed by atoms with E-state index in [-0.39, 0.29) is 18.3 Å². The third-order valence-corrected chi connectivity index (χ3v) is 1.78. The number of hydrogen-bond donors (Lipinski definition) is 2. The number of hydrogen-bond acceptors (Lipinski definition) is 2. The van der Waals surface area contributed by atoms with Crippen molar-refractivity contribution in [1.29, 1.82) is 0 Å². The zero-order valence-electron chi connectivity index (χ0n) is 8.01. The van der Waals surface area contributed by atoms with Gasteiger partial charge >= 0.3 is 0 Å². The van der Waals surface area contributed by atoms with Crippen LogP contribution in [0.15, 0.2) is 18.2 Å². The zero-order valence-corrected chi connectivity index (χ0v) is 8.01. The highest BCUT2D eigenvalue weighted by atomic mass is 19.1. The van der Waals surface area contributed by atoms with E-state index in [4.69, 9.17) is 5.73 Å². The summed E-state index contributed by atoms with van der Waals surface area (Å²) in [5.74, 6) is -0.533. The number of carbonyl (C=O) groups excluding carboxylic acids is 1. The lowest BCUT2D eigenvalue weighted by Gasteiger charge is -2.04. The molecule has 1 rings (SSSR count). The van der Waals surface area contributed by atoms with Crippen LogP contribution in [0.4, 0.5) is 4.39 Å². The third kappa shape index (κ3) is 3.14. The van der Waals surface area contributed by atoms with Crippen molar-refractivity contribution in [3.05, 3.63) is 35.1 Å². The number of rotatable bonds is 3. The second-order valence-corrected chi connectivity index (χ2v) is 3.12. The van der Waals surface area contributed by atoms with Crippen LogP contribution in [0.2, 0.25) is 0 Å². The molecule has 0 aromatic heterocycles. The van der Waals surface area contributed by atoms with Crippen molar-refractivity contribution in [2.24, 2.45) is 5.73 Å². The molecule has 0 saturated heterocycles. The van der Waals surface area contributed by atoms with Gasteiger partial charge in [0.25, 0.3) is 0 Å². The van der Waals surface area contributed by atoms with Crippen molar-refractivity contribution in [2.45, 2.75) is 13.5 Å². The largest absolute Gasteiger partial charge is 0.351 e. The molecular formula is C10H13FN2O. The van der Waals surface area contributed by atoms with Crippen LogP contribution in [0.3, 0.4) is 0 Å². The highest BCUT2D eigenvalue weighted by Gasteiger charge is 2.00. The average molecular weight is 196 g/mol. The third-order valence-electron chi connectivity index (χ3n) is 1.78. The van der Waals surface area contributed by atoms with Gasteiger partial charge in [0.1, 0.15) is 5.82 Å². The van der Waals surface area contributed by atoms with Gasteiger partial charge in [0.15, 0.2) is 0 Å². The Balaban J connectivity index is 2.63. The van der Waals surface area contributed by atoms with Gasteiger partial charge in [0.05, 0.1) is 6.54 Å². The summed E-state index contributed by atoms with van der Waals surface area (Å²) in [7, 11) is 0. The highest BCUT2D eigenvalue weighted by molar-refractivity contribution is 5.77. The first kappa shape index (κ1) is 10.7. The van der Waals surface area contributed by atoms with Gasteiger partial charge in [-0.2, -0.15) is 0 Å². The highest BCUT2D eigenvalue weighted by Crippen LogP contribution is 2.07.